The topological polar surface area (TPSA) is 0 Å². The van der Waals surface area contributed by atoms with Gasteiger partial charge in [-0.1, -0.05) is 95.6 Å². The number of hydrogen-bond acceptors (Lipinski definition) is 0. The van der Waals surface area contributed by atoms with E-state index in [4.69, 9.17) is 0 Å². The molecule has 0 saturated carbocycles. The molecule has 3 heteroatoms. The van der Waals surface area contributed by atoms with E-state index < -0.39 is 0 Å². The van der Waals surface area contributed by atoms with Crippen LogP contribution in [0, 0.1) is 6.07 Å². The van der Waals surface area contributed by atoms with Gasteiger partial charge in [0.05, 0.1) is 0 Å². The molecule has 5 aromatic carbocycles. The molecule has 5 aromatic rings. The molecule has 0 N–H and O–H groups in total. The van der Waals surface area contributed by atoms with Gasteiger partial charge in [0, 0.05) is 0 Å². The minimum atomic E-state index is 0. The Bertz CT molecular complexity index is 1140. The van der Waals surface area contributed by atoms with E-state index in [1.54, 1.807) is 0 Å². The Morgan fingerprint density at radius 3 is 1.79 bits per heavy atom. The van der Waals surface area contributed by atoms with Crippen molar-refractivity contribution in [3.8, 4) is 33.4 Å². The molecule has 0 nitrogen and oxygen atoms in total. The van der Waals surface area contributed by atoms with Gasteiger partial charge in [0.15, 0.2) is 0 Å². The van der Waals surface area contributed by atoms with Crippen LogP contribution in [0.4, 0.5) is 0 Å². The maximum Gasteiger partial charge on any atom is 4.00 e. The zero-order valence-corrected chi connectivity index (χ0v) is 22.0. The molecule has 0 aliphatic heterocycles. The van der Waals surface area contributed by atoms with Crippen molar-refractivity contribution < 1.29 is 51.0 Å². The molecular weight excluding hydrogens is 522 g/mol. The normalized spacial score (nSPS) is 10.2. The quantitative estimate of drug-likeness (QED) is 0.292. The van der Waals surface area contributed by atoms with Crippen LogP contribution in [-0.2, 0) is 32.6 Å². The summed E-state index contributed by atoms with van der Waals surface area (Å²) in [4.78, 5) is 0. The summed E-state index contributed by atoms with van der Waals surface area (Å²) in [5.74, 6) is 0. The Hall–Kier alpha value is -2.31. The third-order valence-electron chi connectivity index (χ3n) is 5.54. The van der Waals surface area contributed by atoms with E-state index in [1.165, 1.54) is 44.5 Å². The Labute approximate surface area is 228 Å². The molecule has 0 saturated heterocycles. The standard InChI is InChI=1S/C25H17.C5H5.2ClH.Zr/c1-3-7-18(8-4-1)20-11-13-24-22(15-20)17-23-16-21(12-14-25(23)24)19-9-5-2-6-10-19;1-2-4-5-3-1;;;/h1-15H,17H2;1-5H;2*1H;/q2*-1;;;+4/p-2. The summed E-state index contributed by atoms with van der Waals surface area (Å²) in [6.07, 6.45) is 0.964. The molecule has 6 rings (SSSR count). The molecule has 0 radical (unpaired) electrons. The van der Waals surface area contributed by atoms with Crippen LogP contribution in [-0.4, -0.2) is 0 Å². The smallest absolute Gasteiger partial charge is 1.00 e. The van der Waals surface area contributed by atoms with Crippen LogP contribution in [0.5, 0.6) is 0 Å². The van der Waals surface area contributed by atoms with Crippen LogP contribution in [0.15, 0.2) is 121 Å². The van der Waals surface area contributed by atoms with Crippen LogP contribution in [0.25, 0.3) is 33.4 Å². The summed E-state index contributed by atoms with van der Waals surface area (Å²) < 4.78 is 0. The van der Waals surface area contributed by atoms with Gasteiger partial charge in [-0.25, -0.2) is 12.1 Å². The van der Waals surface area contributed by atoms with Gasteiger partial charge in [-0.05, 0) is 23.1 Å². The average molecular weight is 545 g/mol. The van der Waals surface area contributed by atoms with E-state index >= 15 is 0 Å². The molecule has 1 aliphatic carbocycles. The van der Waals surface area contributed by atoms with E-state index in [9.17, 15) is 0 Å². The first-order chi connectivity index (χ1) is 14.9. The first kappa shape index (κ1) is 26.9. The molecule has 0 atom stereocenters. The van der Waals surface area contributed by atoms with Crippen molar-refractivity contribution in [1.82, 2.24) is 0 Å². The zero-order valence-electron chi connectivity index (χ0n) is 18.0. The largest absolute Gasteiger partial charge is 4.00 e. The van der Waals surface area contributed by atoms with E-state index in [0.717, 1.165) is 6.42 Å². The molecule has 0 fully saturated rings. The van der Waals surface area contributed by atoms with Crippen LogP contribution < -0.4 is 24.8 Å². The van der Waals surface area contributed by atoms with Gasteiger partial charge in [0.25, 0.3) is 0 Å². The van der Waals surface area contributed by atoms with E-state index in [0.29, 0.717) is 0 Å². The van der Waals surface area contributed by atoms with Crippen molar-refractivity contribution in [3.63, 3.8) is 0 Å². The molecule has 0 aromatic heterocycles. The van der Waals surface area contributed by atoms with Gasteiger partial charge in [0.2, 0.25) is 0 Å². The number of rotatable bonds is 2. The predicted molar refractivity (Wildman–Crippen MR) is 126 cm³/mol. The Kier molecular flexibility index (Phi) is 10.5. The van der Waals surface area contributed by atoms with Crippen LogP contribution in [0.1, 0.15) is 11.1 Å². The molecule has 0 amide bonds. The summed E-state index contributed by atoms with van der Waals surface area (Å²) in [5, 5.41) is 0. The number of halogens is 2. The fourth-order valence-corrected chi connectivity index (χ4v) is 4.04. The summed E-state index contributed by atoms with van der Waals surface area (Å²) in [6.45, 7) is 0. The Morgan fingerprint density at radius 1 is 0.576 bits per heavy atom. The minimum absolute atomic E-state index is 0. The molecular formula is C30H22Cl2Zr. The second kappa shape index (κ2) is 12.8. The van der Waals surface area contributed by atoms with E-state index in [2.05, 4.69) is 97.1 Å². The summed E-state index contributed by atoms with van der Waals surface area (Å²) in [6, 6.07) is 46.0. The molecule has 0 bridgehead atoms. The first-order valence-electron chi connectivity index (χ1n) is 10.3. The number of benzene rings is 4. The van der Waals surface area contributed by atoms with Gasteiger partial charge in [-0.2, -0.15) is 18.2 Å². The van der Waals surface area contributed by atoms with Crippen molar-refractivity contribution in [3.05, 3.63) is 139 Å². The molecule has 0 unspecified atom stereocenters. The summed E-state index contributed by atoms with van der Waals surface area (Å²) in [5.41, 5.74) is 10.4. The van der Waals surface area contributed by atoms with E-state index in [1.807, 2.05) is 30.3 Å². The van der Waals surface area contributed by atoms with Gasteiger partial charge in [-0.3, -0.25) is 0 Å². The first-order valence-corrected chi connectivity index (χ1v) is 10.3. The second-order valence-electron chi connectivity index (χ2n) is 7.51. The molecule has 0 heterocycles. The van der Waals surface area contributed by atoms with Crippen LogP contribution in [0.2, 0.25) is 0 Å². The predicted octanol–water partition coefficient (Wildman–Crippen LogP) is 1.80. The summed E-state index contributed by atoms with van der Waals surface area (Å²) in [7, 11) is 0. The molecule has 1 aliphatic rings. The van der Waals surface area contributed by atoms with Crippen molar-refractivity contribution in [1.29, 1.82) is 0 Å². The van der Waals surface area contributed by atoms with Gasteiger partial charge < -0.3 is 24.8 Å². The van der Waals surface area contributed by atoms with Crippen molar-refractivity contribution in [2.75, 3.05) is 0 Å². The average Bonchev–Trinajstić information content (AvgIpc) is 3.51. The fraction of sp³-hybridized carbons (Fsp3) is 0.0333. The SMILES string of the molecule is [Cl-].[Cl-].[Zr+4].[c-]1c(-c2ccccc2)ccc2c1Cc1cc(-c3ccccc3)ccc1-2.c1cc[cH-]c1. The van der Waals surface area contributed by atoms with Crippen molar-refractivity contribution in [2.24, 2.45) is 0 Å². The molecule has 160 valence electrons. The van der Waals surface area contributed by atoms with E-state index in [-0.39, 0.29) is 51.0 Å². The van der Waals surface area contributed by atoms with Crippen LogP contribution in [0.3, 0.4) is 0 Å². The van der Waals surface area contributed by atoms with Gasteiger partial charge >= 0.3 is 26.2 Å². The second-order valence-corrected chi connectivity index (χ2v) is 7.51. The maximum absolute atomic E-state index is 3.65. The van der Waals surface area contributed by atoms with Crippen molar-refractivity contribution >= 4 is 0 Å². The zero-order chi connectivity index (χ0) is 20.2. The third-order valence-corrected chi connectivity index (χ3v) is 5.54. The number of hydrogen-bond donors (Lipinski definition) is 0. The Morgan fingerprint density at radius 2 is 1.18 bits per heavy atom. The summed E-state index contributed by atoms with van der Waals surface area (Å²) >= 11 is 0. The van der Waals surface area contributed by atoms with Crippen molar-refractivity contribution in [2.45, 2.75) is 6.42 Å². The monoisotopic (exact) mass is 542 g/mol. The fourth-order valence-electron chi connectivity index (χ4n) is 4.04. The Balaban J connectivity index is 0.000000431. The third kappa shape index (κ3) is 6.18. The van der Waals surface area contributed by atoms with Gasteiger partial charge in [0.1, 0.15) is 0 Å². The minimum Gasteiger partial charge on any atom is -1.00 e. The maximum atomic E-state index is 3.65. The van der Waals surface area contributed by atoms with Crippen LogP contribution >= 0.6 is 0 Å². The van der Waals surface area contributed by atoms with Gasteiger partial charge in [-0.15, -0.1) is 29.3 Å². The molecule has 0 spiro atoms. The molecule has 33 heavy (non-hydrogen) atoms. The number of fused-ring (bicyclic) bond motifs is 3.